The van der Waals surface area contributed by atoms with Crippen LogP contribution in [0.1, 0.15) is 16.1 Å². The first-order valence-electron chi connectivity index (χ1n) is 7.75. The van der Waals surface area contributed by atoms with Gasteiger partial charge in [0.05, 0.1) is 30.5 Å². The number of benzene rings is 2. The Balaban J connectivity index is 1.70. The Kier molecular flexibility index (Phi) is 5.34. The second-order valence-electron chi connectivity index (χ2n) is 5.45. The van der Waals surface area contributed by atoms with Crippen LogP contribution < -0.4 is 5.32 Å². The number of methoxy groups -OCH3 is 1. The van der Waals surface area contributed by atoms with Crippen LogP contribution in [0.25, 0.3) is 11.3 Å². The van der Waals surface area contributed by atoms with E-state index in [0.29, 0.717) is 22.2 Å². The lowest BCUT2D eigenvalue weighted by molar-refractivity contribution is -0.115. The van der Waals surface area contributed by atoms with Gasteiger partial charge in [-0.25, -0.2) is 4.79 Å². The molecule has 6 nitrogen and oxygen atoms in total. The summed E-state index contributed by atoms with van der Waals surface area (Å²) in [5.74, 6) is -0.302. The van der Waals surface area contributed by atoms with E-state index >= 15 is 0 Å². The van der Waals surface area contributed by atoms with Gasteiger partial charge in [0.2, 0.25) is 5.91 Å². The largest absolute Gasteiger partial charge is 0.465 e. The Hall–Kier alpha value is -3.12. The van der Waals surface area contributed by atoms with Crippen LogP contribution in [-0.4, -0.2) is 24.1 Å². The summed E-state index contributed by atoms with van der Waals surface area (Å²) < 4.78 is 9.98. The van der Waals surface area contributed by atoms with Gasteiger partial charge >= 0.3 is 5.97 Å². The molecule has 1 heterocycles. The molecule has 1 N–H and O–H groups in total. The zero-order valence-electron chi connectivity index (χ0n) is 13.9. The minimum Gasteiger partial charge on any atom is -0.465 e. The van der Waals surface area contributed by atoms with Crippen molar-refractivity contribution in [1.29, 1.82) is 0 Å². The molecule has 0 atom stereocenters. The summed E-state index contributed by atoms with van der Waals surface area (Å²) in [4.78, 5) is 24.0. The van der Waals surface area contributed by atoms with Gasteiger partial charge in [0, 0.05) is 16.7 Å². The maximum absolute atomic E-state index is 12.3. The van der Waals surface area contributed by atoms with Crippen molar-refractivity contribution in [3.63, 3.8) is 0 Å². The Morgan fingerprint density at radius 3 is 2.62 bits per heavy atom. The first kappa shape index (κ1) is 17.7. The molecular weight excluding hydrogens is 356 g/mol. The summed E-state index contributed by atoms with van der Waals surface area (Å²) in [5, 5.41) is 7.22. The minimum atomic E-state index is -0.521. The fraction of sp³-hybridized carbons (Fsp3) is 0.105. The van der Waals surface area contributed by atoms with E-state index in [4.69, 9.17) is 20.9 Å². The van der Waals surface area contributed by atoms with Crippen LogP contribution in [-0.2, 0) is 16.0 Å². The first-order valence-corrected chi connectivity index (χ1v) is 8.13. The highest BCUT2D eigenvalue weighted by molar-refractivity contribution is 6.30. The number of rotatable bonds is 5. The third-order valence-corrected chi connectivity index (χ3v) is 3.89. The number of hydrogen-bond donors (Lipinski definition) is 1. The molecule has 1 aromatic heterocycles. The number of carbonyl (C=O) groups is 2. The van der Waals surface area contributed by atoms with Crippen LogP contribution in [0.2, 0.25) is 5.02 Å². The van der Waals surface area contributed by atoms with Crippen molar-refractivity contribution in [1.82, 2.24) is 5.16 Å². The van der Waals surface area contributed by atoms with Gasteiger partial charge in [0.25, 0.3) is 0 Å². The van der Waals surface area contributed by atoms with Gasteiger partial charge < -0.3 is 14.6 Å². The number of amides is 1. The highest BCUT2D eigenvalue weighted by Crippen LogP contribution is 2.23. The molecule has 132 valence electrons. The molecule has 0 saturated heterocycles. The van der Waals surface area contributed by atoms with Gasteiger partial charge in [-0.1, -0.05) is 28.9 Å². The van der Waals surface area contributed by atoms with Crippen LogP contribution in [0.3, 0.4) is 0 Å². The minimum absolute atomic E-state index is 0.00654. The second-order valence-corrected chi connectivity index (χ2v) is 5.89. The third-order valence-electron chi connectivity index (χ3n) is 3.64. The van der Waals surface area contributed by atoms with E-state index in [-0.39, 0.29) is 17.9 Å². The number of para-hydroxylation sites is 1. The van der Waals surface area contributed by atoms with Crippen molar-refractivity contribution >= 4 is 29.2 Å². The fourth-order valence-corrected chi connectivity index (χ4v) is 2.51. The third kappa shape index (κ3) is 4.10. The summed E-state index contributed by atoms with van der Waals surface area (Å²) in [5.41, 5.74) is 1.95. The van der Waals surface area contributed by atoms with E-state index < -0.39 is 5.97 Å². The van der Waals surface area contributed by atoms with Gasteiger partial charge in [0.15, 0.2) is 5.76 Å². The number of nitrogens with one attached hydrogen (secondary N) is 1. The normalized spacial score (nSPS) is 10.4. The van der Waals surface area contributed by atoms with Crippen LogP contribution in [0.5, 0.6) is 0 Å². The molecule has 3 aromatic rings. The highest BCUT2D eigenvalue weighted by atomic mass is 35.5. The second kappa shape index (κ2) is 7.84. The molecule has 0 unspecified atom stereocenters. The van der Waals surface area contributed by atoms with Gasteiger partial charge in [-0.15, -0.1) is 0 Å². The average Bonchev–Trinajstić information content (AvgIpc) is 3.10. The monoisotopic (exact) mass is 370 g/mol. The summed E-state index contributed by atoms with van der Waals surface area (Å²) in [7, 11) is 1.29. The van der Waals surface area contributed by atoms with Crippen molar-refractivity contribution in [3.05, 3.63) is 70.9 Å². The predicted octanol–water partition coefficient (Wildman–Crippen LogP) is 3.96. The molecule has 3 rings (SSSR count). The lowest BCUT2D eigenvalue weighted by Gasteiger charge is -2.08. The predicted molar refractivity (Wildman–Crippen MR) is 97.1 cm³/mol. The topological polar surface area (TPSA) is 81.4 Å². The molecule has 7 heteroatoms. The SMILES string of the molecule is COC(=O)c1ccccc1NC(=O)Cc1cc(-c2ccc(Cl)cc2)on1. The van der Waals surface area contributed by atoms with Crippen molar-refractivity contribution in [2.24, 2.45) is 0 Å². The molecule has 0 saturated carbocycles. The maximum atomic E-state index is 12.3. The van der Waals surface area contributed by atoms with Gasteiger partial charge in [0.1, 0.15) is 0 Å². The first-order chi connectivity index (χ1) is 12.6. The number of nitrogens with zero attached hydrogens (tertiary/aromatic N) is 1. The summed E-state index contributed by atoms with van der Waals surface area (Å²) in [6.45, 7) is 0. The highest BCUT2D eigenvalue weighted by Gasteiger charge is 2.15. The average molecular weight is 371 g/mol. The van der Waals surface area contributed by atoms with Gasteiger partial charge in [-0.2, -0.15) is 0 Å². The Morgan fingerprint density at radius 1 is 1.15 bits per heavy atom. The number of carbonyl (C=O) groups excluding carboxylic acids is 2. The van der Waals surface area contributed by atoms with Crippen LogP contribution in [0.15, 0.2) is 59.1 Å². The van der Waals surface area contributed by atoms with Crippen molar-refractivity contribution in [2.45, 2.75) is 6.42 Å². The fourth-order valence-electron chi connectivity index (χ4n) is 2.38. The lowest BCUT2D eigenvalue weighted by atomic mass is 10.1. The Morgan fingerprint density at radius 2 is 1.88 bits per heavy atom. The zero-order chi connectivity index (χ0) is 18.5. The maximum Gasteiger partial charge on any atom is 0.339 e. The molecule has 0 fully saturated rings. The number of esters is 1. The molecule has 0 radical (unpaired) electrons. The summed E-state index contributed by atoms with van der Waals surface area (Å²) in [6, 6.07) is 15.4. The molecule has 0 aliphatic carbocycles. The molecule has 2 aromatic carbocycles. The van der Waals surface area contributed by atoms with Crippen molar-refractivity contribution in [2.75, 3.05) is 12.4 Å². The summed E-state index contributed by atoms with van der Waals surface area (Å²) >= 11 is 5.86. The quantitative estimate of drug-likeness (QED) is 0.687. The van der Waals surface area contributed by atoms with Gasteiger partial charge in [-0.05, 0) is 36.4 Å². The number of ether oxygens (including phenoxy) is 1. The van der Waals surface area contributed by atoms with Crippen LogP contribution in [0, 0.1) is 0 Å². The molecular formula is C19H15ClN2O4. The van der Waals surface area contributed by atoms with E-state index in [1.807, 2.05) is 0 Å². The number of aromatic nitrogens is 1. The molecule has 0 bridgehead atoms. The zero-order valence-corrected chi connectivity index (χ0v) is 14.6. The summed E-state index contributed by atoms with van der Waals surface area (Å²) in [6.07, 6.45) is 0.00654. The van der Waals surface area contributed by atoms with Gasteiger partial charge in [-0.3, -0.25) is 4.79 Å². The Bertz CT molecular complexity index is 935. The molecule has 26 heavy (non-hydrogen) atoms. The number of anilines is 1. The molecule has 0 spiro atoms. The van der Waals surface area contributed by atoms with E-state index in [0.717, 1.165) is 5.56 Å². The van der Waals surface area contributed by atoms with E-state index in [1.165, 1.54) is 7.11 Å². The Labute approximate surface area is 154 Å². The standard InChI is InChI=1S/C19H15ClN2O4/c1-25-19(24)15-4-2-3-5-16(15)21-18(23)11-14-10-17(26-22-14)12-6-8-13(20)9-7-12/h2-10H,11H2,1H3,(H,21,23). The lowest BCUT2D eigenvalue weighted by Crippen LogP contribution is -2.17. The van der Waals surface area contributed by atoms with Crippen molar-refractivity contribution in [3.8, 4) is 11.3 Å². The molecule has 0 aliphatic rings. The van der Waals surface area contributed by atoms with Crippen LogP contribution in [0.4, 0.5) is 5.69 Å². The van der Waals surface area contributed by atoms with E-state index in [9.17, 15) is 9.59 Å². The van der Waals surface area contributed by atoms with E-state index in [2.05, 4.69) is 10.5 Å². The van der Waals surface area contributed by atoms with Crippen LogP contribution >= 0.6 is 11.6 Å². The smallest absolute Gasteiger partial charge is 0.339 e. The van der Waals surface area contributed by atoms with E-state index in [1.54, 1.807) is 54.6 Å². The molecule has 0 aliphatic heterocycles. The number of halogens is 1. The van der Waals surface area contributed by atoms with Crippen molar-refractivity contribution < 1.29 is 18.8 Å². The molecule has 1 amide bonds. The number of hydrogen-bond acceptors (Lipinski definition) is 5.